The van der Waals surface area contributed by atoms with Gasteiger partial charge in [0.2, 0.25) is 5.89 Å². The lowest BCUT2D eigenvalue weighted by Gasteiger charge is -1.94. The minimum atomic E-state index is 0.522. The van der Waals surface area contributed by atoms with Crippen molar-refractivity contribution in [1.29, 1.82) is 0 Å². The highest BCUT2D eigenvalue weighted by molar-refractivity contribution is 5.44. The molecule has 4 nitrogen and oxygen atoms in total. The summed E-state index contributed by atoms with van der Waals surface area (Å²) in [6, 6.07) is 0. The molecule has 0 aliphatic heterocycles. The van der Waals surface area contributed by atoms with Crippen LogP contribution in [0.1, 0.15) is 11.5 Å². The van der Waals surface area contributed by atoms with Gasteiger partial charge in [-0.05, 0) is 13.8 Å². The van der Waals surface area contributed by atoms with Crippen molar-refractivity contribution in [1.82, 2.24) is 15.0 Å². The van der Waals surface area contributed by atoms with Crippen molar-refractivity contribution < 1.29 is 4.42 Å². The SMILES string of the molecule is Cc1cncc(-c2ncc(C)o2)n1. The Kier molecular flexibility index (Phi) is 1.81. The average molecular weight is 175 g/mol. The van der Waals surface area contributed by atoms with Crippen LogP contribution in [0.15, 0.2) is 23.0 Å². The molecule has 2 aromatic heterocycles. The summed E-state index contributed by atoms with van der Waals surface area (Å²) in [5.74, 6) is 1.30. The van der Waals surface area contributed by atoms with E-state index >= 15 is 0 Å². The fourth-order valence-electron chi connectivity index (χ4n) is 1.04. The van der Waals surface area contributed by atoms with E-state index in [0.717, 1.165) is 11.5 Å². The molecule has 0 bridgehead atoms. The Labute approximate surface area is 75.7 Å². The van der Waals surface area contributed by atoms with Crippen LogP contribution in [0.3, 0.4) is 0 Å². The van der Waals surface area contributed by atoms with Crippen LogP contribution in [0, 0.1) is 13.8 Å². The third-order valence-corrected chi connectivity index (χ3v) is 1.60. The van der Waals surface area contributed by atoms with Gasteiger partial charge >= 0.3 is 0 Å². The maximum absolute atomic E-state index is 5.31. The highest BCUT2D eigenvalue weighted by atomic mass is 16.4. The predicted octanol–water partition coefficient (Wildman–Crippen LogP) is 1.75. The smallest absolute Gasteiger partial charge is 0.246 e. The third-order valence-electron chi connectivity index (χ3n) is 1.60. The van der Waals surface area contributed by atoms with Gasteiger partial charge in [-0.1, -0.05) is 0 Å². The van der Waals surface area contributed by atoms with E-state index in [9.17, 15) is 0 Å². The Morgan fingerprint density at radius 2 is 2.00 bits per heavy atom. The molecule has 66 valence electrons. The molecule has 4 heteroatoms. The minimum Gasteiger partial charge on any atom is -0.440 e. The first-order valence-corrected chi connectivity index (χ1v) is 3.97. The van der Waals surface area contributed by atoms with E-state index in [4.69, 9.17) is 4.42 Å². The first-order chi connectivity index (χ1) is 6.25. The lowest BCUT2D eigenvalue weighted by Crippen LogP contribution is -1.88. The molecule has 0 aliphatic rings. The Bertz CT molecular complexity index is 422. The number of oxazole rings is 1. The third kappa shape index (κ3) is 1.56. The molecule has 0 radical (unpaired) electrons. The van der Waals surface area contributed by atoms with Crippen LogP contribution in [0.4, 0.5) is 0 Å². The normalized spacial score (nSPS) is 10.3. The van der Waals surface area contributed by atoms with E-state index in [1.807, 2.05) is 13.8 Å². The summed E-state index contributed by atoms with van der Waals surface area (Å²) in [5.41, 5.74) is 1.53. The number of aryl methyl sites for hydroxylation is 2. The van der Waals surface area contributed by atoms with Gasteiger partial charge in [-0.15, -0.1) is 0 Å². The highest BCUT2D eigenvalue weighted by Crippen LogP contribution is 2.14. The van der Waals surface area contributed by atoms with Gasteiger partial charge in [0.1, 0.15) is 11.5 Å². The molecule has 0 fully saturated rings. The first kappa shape index (κ1) is 7.91. The summed E-state index contributed by atoms with van der Waals surface area (Å²) in [4.78, 5) is 12.3. The van der Waals surface area contributed by atoms with Gasteiger partial charge in [0.05, 0.1) is 18.1 Å². The summed E-state index contributed by atoms with van der Waals surface area (Å²) in [5, 5.41) is 0. The van der Waals surface area contributed by atoms with Crippen LogP contribution in [-0.2, 0) is 0 Å². The second-order valence-electron chi connectivity index (χ2n) is 2.82. The van der Waals surface area contributed by atoms with E-state index < -0.39 is 0 Å². The predicted molar refractivity (Wildman–Crippen MR) is 47.0 cm³/mol. The Morgan fingerprint density at radius 1 is 1.15 bits per heavy atom. The maximum Gasteiger partial charge on any atom is 0.246 e. The molecule has 0 saturated carbocycles. The molecule has 0 unspecified atom stereocenters. The van der Waals surface area contributed by atoms with Crippen molar-refractivity contribution in [3.8, 4) is 11.6 Å². The maximum atomic E-state index is 5.31. The number of nitrogens with zero attached hydrogens (tertiary/aromatic N) is 3. The van der Waals surface area contributed by atoms with Crippen LogP contribution in [0.5, 0.6) is 0 Å². The summed E-state index contributed by atoms with van der Waals surface area (Å²) in [6.07, 6.45) is 5.00. The molecule has 0 spiro atoms. The first-order valence-electron chi connectivity index (χ1n) is 3.97. The fourth-order valence-corrected chi connectivity index (χ4v) is 1.04. The summed E-state index contributed by atoms with van der Waals surface area (Å²) in [7, 11) is 0. The van der Waals surface area contributed by atoms with Gasteiger partial charge in [0.25, 0.3) is 0 Å². The molecule has 0 N–H and O–H groups in total. The van der Waals surface area contributed by atoms with Crippen molar-refractivity contribution >= 4 is 0 Å². The van der Waals surface area contributed by atoms with Crippen LogP contribution in [0.25, 0.3) is 11.6 Å². The van der Waals surface area contributed by atoms with Crippen LogP contribution >= 0.6 is 0 Å². The summed E-state index contributed by atoms with van der Waals surface area (Å²) >= 11 is 0. The quantitative estimate of drug-likeness (QED) is 0.662. The van der Waals surface area contributed by atoms with Crippen molar-refractivity contribution in [3.63, 3.8) is 0 Å². The van der Waals surface area contributed by atoms with E-state index in [0.29, 0.717) is 11.6 Å². The van der Waals surface area contributed by atoms with Gasteiger partial charge in [0, 0.05) is 6.20 Å². The Hall–Kier alpha value is -1.71. The van der Waals surface area contributed by atoms with Crippen molar-refractivity contribution in [2.45, 2.75) is 13.8 Å². The monoisotopic (exact) mass is 175 g/mol. The second kappa shape index (κ2) is 2.97. The molecule has 13 heavy (non-hydrogen) atoms. The molecule has 0 saturated heterocycles. The van der Waals surface area contributed by atoms with E-state index in [1.165, 1.54) is 0 Å². The summed E-state index contributed by atoms with van der Waals surface area (Å²) < 4.78 is 5.31. The molecule has 0 atom stereocenters. The van der Waals surface area contributed by atoms with Gasteiger partial charge in [-0.25, -0.2) is 9.97 Å². The molecule has 2 heterocycles. The molecular formula is C9H9N3O. The number of hydrogen-bond donors (Lipinski definition) is 0. The lowest BCUT2D eigenvalue weighted by atomic mass is 10.4. The van der Waals surface area contributed by atoms with Gasteiger partial charge < -0.3 is 4.42 Å². The topological polar surface area (TPSA) is 51.8 Å². The Balaban J connectivity index is 2.46. The fraction of sp³-hybridized carbons (Fsp3) is 0.222. The van der Waals surface area contributed by atoms with Gasteiger partial charge in [-0.2, -0.15) is 0 Å². The number of aromatic nitrogens is 3. The van der Waals surface area contributed by atoms with E-state index in [-0.39, 0.29) is 0 Å². The van der Waals surface area contributed by atoms with Gasteiger partial charge in [-0.3, -0.25) is 4.98 Å². The molecule has 2 aromatic rings. The van der Waals surface area contributed by atoms with E-state index in [2.05, 4.69) is 15.0 Å². The zero-order chi connectivity index (χ0) is 9.26. The zero-order valence-electron chi connectivity index (χ0n) is 7.48. The van der Waals surface area contributed by atoms with Crippen LogP contribution < -0.4 is 0 Å². The van der Waals surface area contributed by atoms with E-state index in [1.54, 1.807) is 18.6 Å². The van der Waals surface area contributed by atoms with Gasteiger partial charge in [0.15, 0.2) is 0 Å². The molecule has 0 amide bonds. The molecule has 2 rings (SSSR count). The molecule has 0 aromatic carbocycles. The standard InChI is InChI=1S/C9H9N3O/c1-6-3-10-5-8(12-6)9-11-4-7(2)13-9/h3-5H,1-2H3. The molecular weight excluding hydrogens is 166 g/mol. The number of rotatable bonds is 1. The van der Waals surface area contributed by atoms with Crippen molar-refractivity contribution in [3.05, 3.63) is 30.0 Å². The zero-order valence-corrected chi connectivity index (χ0v) is 7.48. The number of hydrogen-bond acceptors (Lipinski definition) is 4. The molecule has 0 aliphatic carbocycles. The second-order valence-corrected chi connectivity index (χ2v) is 2.82. The average Bonchev–Trinajstić information content (AvgIpc) is 2.52. The van der Waals surface area contributed by atoms with Crippen molar-refractivity contribution in [2.24, 2.45) is 0 Å². The van der Waals surface area contributed by atoms with Crippen LogP contribution in [-0.4, -0.2) is 15.0 Å². The highest BCUT2D eigenvalue weighted by Gasteiger charge is 2.05. The van der Waals surface area contributed by atoms with Crippen molar-refractivity contribution in [2.75, 3.05) is 0 Å². The largest absolute Gasteiger partial charge is 0.440 e. The minimum absolute atomic E-state index is 0.522. The summed E-state index contributed by atoms with van der Waals surface area (Å²) in [6.45, 7) is 3.73. The Morgan fingerprint density at radius 3 is 2.62 bits per heavy atom. The lowest BCUT2D eigenvalue weighted by molar-refractivity contribution is 0.540. The van der Waals surface area contributed by atoms with Crippen LogP contribution in [0.2, 0.25) is 0 Å².